The fourth-order valence-corrected chi connectivity index (χ4v) is 2.06. The molecule has 0 spiro atoms. The molecule has 0 aromatic carbocycles. The molecule has 0 aromatic rings. The van der Waals surface area contributed by atoms with E-state index in [0.29, 0.717) is 0 Å². The van der Waals surface area contributed by atoms with Crippen LogP contribution in [0.4, 0.5) is 87.8 Å². The standard InChI is InChI=1S/C15H6F20O7/c1-38-5(36)7(19,20)9(23,8(21,22)6(37)39-2)41-11(25,13(29,30)31)15(34,35)42-10(24,12(26,27)28)14(32,33)40-4(18)3(16)17/h1-2H3. The van der Waals surface area contributed by atoms with Crippen LogP contribution in [0.25, 0.3) is 0 Å². The first-order valence-electron chi connectivity index (χ1n) is 8.89. The predicted octanol–water partition coefficient (Wildman–Crippen LogP) is 6.00. The van der Waals surface area contributed by atoms with Crippen molar-refractivity contribution < 1.29 is 121 Å². The zero-order valence-corrected chi connectivity index (χ0v) is 18.9. The second-order valence-electron chi connectivity index (χ2n) is 6.79. The fourth-order valence-electron chi connectivity index (χ4n) is 2.06. The van der Waals surface area contributed by atoms with Crippen molar-refractivity contribution in [2.45, 2.75) is 54.0 Å². The molecule has 27 heteroatoms. The van der Waals surface area contributed by atoms with E-state index in [9.17, 15) is 97.4 Å². The fraction of sp³-hybridized carbons (Fsp3) is 0.733. The van der Waals surface area contributed by atoms with Gasteiger partial charge >= 0.3 is 78.0 Å². The Morgan fingerprint density at radius 1 is 0.476 bits per heavy atom. The largest absolute Gasteiger partial charge is 0.471 e. The molecule has 0 aliphatic carbocycles. The maximum Gasteiger partial charge on any atom is 0.471 e. The second kappa shape index (κ2) is 11.3. The molecule has 0 aliphatic rings. The van der Waals surface area contributed by atoms with Gasteiger partial charge in [0.1, 0.15) is 0 Å². The summed E-state index contributed by atoms with van der Waals surface area (Å²) in [7, 11) is -0.707. The minimum Gasteiger partial charge on any atom is -0.464 e. The van der Waals surface area contributed by atoms with Crippen molar-refractivity contribution in [1.82, 2.24) is 0 Å². The van der Waals surface area contributed by atoms with Gasteiger partial charge in [-0.15, -0.1) is 0 Å². The number of hydrogen-bond acceptors (Lipinski definition) is 7. The third-order valence-corrected chi connectivity index (χ3v) is 4.09. The second-order valence-corrected chi connectivity index (χ2v) is 6.79. The normalized spacial score (nSPS) is 17.1. The van der Waals surface area contributed by atoms with E-state index in [0.717, 1.165) is 0 Å². The average Bonchev–Trinajstić information content (AvgIpc) is 2.79. The van der Waals surface area contributed by atoms with Gasteiger partial charge in [0.05, 0.1) is 14.2 Å². The summed E-state index contributed by atoms with van der Waals surface area (Å²) in [6.45, 7) is 0. The Labute approximate surface area is 214 Å². The van der Waals surface area contributed by atoms with E-state index < -0.39 is 78.0 Å². The molecule has 0 heterocycles. The molecule has 0 amide bonds. The van der Waals surface area contributed by atoms with Gasteiger partial charge in [0.2, 0.25) is 0 Å². The topological polar surface area (TPSA) is 80.3 Å². The van der Waals surface area contributed by atoms with E-state index in [1.54, 1.807) is 9.47 Å². The summed E-state index contributed by atoms with van der Waals surface area (Å²) in [5.74, 6) is -47.3. The number of rotatable bonds is 12. The molecule has 7 nitrogen and oxygen atoms in total. The van der Waals surface area contributed by atoms with Gasteiger partial charge in [0, 0.05) is 0 Å². The molecule has 2 atom stereocenters. The summed E-state index contributed by atoms with van der Waals surface area (Å²) < 4.78 is 281. The van der Waals surface area contributed by atoms with Crippen LogP contribution in [0.3, 0.4) is 0 Å². The molecule has 0 saturated heterocycles. The number of methoxy groups -OCH3 is 2. The first-order chi connectivity index (χ1) is 18.2. The minimum absolute atomic E-state index is 0.353. The Morgan fingerprint density at radius 3 is 1.05 bits per heavy atom. The first kappa shape index (κ1) is 39.0. The van der Waals surface area contributed by atoms with Crippen LogP contribution in [0.2, 0.25) is 0 Å². The van der Waals surface area contributed by atoms with Gasteiger partial charge in [0.15, 0.2) is 0 Å². The Balaban J connectivity index is 7.68. The summed E-state index contributed by atoms with van der Waals surface area (Å²) >= 11 is 0. The molecule has 0 saturated carbocycles. The number of alkyl halides is 17. The molecule has 2 unspecified atom stereocenters. The molecule has 0 N–H and O–H groups in total. The first-order valence-corrected chi connectivity index (χ1v) is 8.89. The number of halogens is 20. The Hall–Kier alpha value is -3.00. The molecule has 42 heavy (non-hydrogen) atoms. The van der Waals surface area contributed by atoms with Crippen molar-refractivity contribution in [1.29, 1.82) is 0 Å². The zero-order valence-electron chi connectivity index (χ0n) is 18.9. The van der Waals surface area contributed by atoms with Crippen LogP contribution in [0.5, 0.6) is 0 Å². The smallest absolute Gasteiger partial charge is 0.464 e. The van der Waals surface area contributed by atoms with Crippen LogP contribution in [-0.2, 0) is 33.3 Å². The van der Waals surface area contributed by atoms with Crippen molar-refractivity contribution >= 4 is 11.9 Å². The highest BCUT2D eigenvalue weighted by molar-refractivity contribution is 5.84. The van der Waals surface area contributed by atoms with Gasteiger partial charge in [-0.2, -0.15) is 87.8 Å². The van der Waals surface area contributed by atoms with Gasteiger partial charge < -0.3 is 14.2 Å². The maximum absolute atomic E-state index is 14.9. The highest BCUT2D eigenvalue weighted by Gasteiger charge is 2.89. The van der Waals surface area contributed by atoms with Gasteiger partial charge in [0.25, 0.3) is 0 Å². The Kier molecular flexibility index (Phi) is 10.4. The van der Waals surface area contributed by atoms with Gasteiger partial charge in [-0.25, -0.2) is 9.59 Å². The minimum atomic E-state index is -8.58. The quantitative estimate of drug-likeness (QED) is 0.143. The van der Waals surface area contributed by atoms with E-state index in [2.05, 4.69) is 9.47 Å². The molecule has 0 aromatic heterocycles. The lowest BCUT2D eigenvalue weighted by atomic mass is 10.0. The molecule has 248 valence electrons. The summed E-state index contributed by atoms with van der Waals surface area (Å²) in [6.07, 6.45) is -37.1. The zero-order chi connectivity index (χ0) is 34.3. The lowest BCUT2D eigenvalue weighted by Gasteiger charge is -2.43. The SMILES string of the molecule is COC(=O)C(F)(F)C(F)(OC(F)(C(F)(F)F)C(F)(F)OC(F)(C(F)(F)F)C(F)(F)OC(F)=C(F)F)C(F)(F)C(=O)OC. The van der Waals surface area contributed by atoms with Gasteiger partial charge in [-0.1, -0.05) is 0 Å². The van der Waals surface area contributed by atoms with Crippen molar-refractivity contribution in [3.05, 3.63) is 12.1 Å². The monoisotopic (exact) mass is 678 g/mol. The average molecular weight is 678 g/mol. The van der Waals surface area contributed by atoms with Crippen molar-refractivity contribution in [3.63, 3.8) is 0 Å². The van der Waals surface area contributed by atoms with Crippen LogP contribution >= 0.6 is 0 Å². The van der Waals surface area contributed by atoms with Crippen LogP contribution < -0.4 is 0 Å². The molecule has 0 bridgehead atoms. The van der Waals surface area contributed by atoms with E-state index in [-0.39, 0.29) is 14.2 Å². The lowest BCUT2D eigenvalue weighted by Crippen LogP contribution is -2.73. The molecule has 0 radical (unpaired) electrons. The van der Waals surface area contributed by atoms with E-state index >= 15 is 0 Å². The van der Waals surface area contributed by atoms with E-state index in [4.69, 9.17) is 0 Å². The van der Waals surface area contributed by atoms with Crippen LogP contribution in [0.15, 0.2) is 12.1 Å². The third-order valence-electron chi connectivity index (χ3n) is 4.09. The Bertz CT molecular complexity index is 1020. The van der Waals surface area contributed by atoms with Gasteiger partial charge in [-0.3, -0.25) is 9.47 Å². The molecule has 0 aliphatic heterocycles. The molecular formula is C15H6F20O7. The van der Waals surface area contributed by atoms with Crippen LogP contribution in [-0.4, -0.2) is 80.1 Å². The highest BCUT2D eigenvalue weighted by Crippen LogP contribution is 2.59. The third kappa shape index (κ3) is 6.19. The van der Waals surface area contributed by atoms with Crippen molar-refractivity contribution in [2.24, 2.45) is 0 Å². The molecular weight excluding hydrogens is 672 g/mol. The highest BCUT2D eigenvalue weighted by atomic mass is 19.4. The summed E-state index contributed by atoms with van der Waals surface area (Å²) in [5, 5.41) is 0. The van der Waals surface area contributed by atoms with Crippen molar-refractivity contribution in [3.8, 4) is 0 Å². The van der Waals surface area contributed by atoms with E-state index in [1.807, 2.05) is 0 Å². The number of esters is 2. The molecule has 0 fully saturated rings. The lowest BCUT2D eigenvalue weighted by molar-refractivity contribution is -0.561. The van der Waals surface area contributed by atoms with Crippen LogP contribution in [0.1, 0.15) is 0 Å². The number of ether oxygens (including phenoxy) is 5. The number of carbonyl (C=O) groups excluding carboxylic acids is 2. The van der Waals surface area contributed by atoms with Crippen LogP contribution in [0, 0.1) is 0 Å². The summed E-state index contributed by atoms with van der Waals surface area (Å²) in [5.41, 5.74) is 0. The number of hydrogen-bond donors (Lipinski definition) is 0. The van der Waals surface area contributed by atoms with E-state index in [1.165, 1.54) is 4.74 Å². The Morgan fingerprint density at radius 2 is 0.786 bits per heavy atom. The van der Waals surface area contributed by atoms with Gasteiger partial charge in [-0.05, 0) is 0 Å². The number of carbonyl (C=O) groups is 2. The maximum atomic E-state index is 14.9. The summed E-state index contributed by atoms with van der Waals surface area (Å²) in [6, 6.07) is -4.30. The summed E-state index contributed by atoms with van der Waals surface area (Å²) in [4.78, 5) is 22.1. The predicted molar refractivity (Wildman–Crippen MR) is 81.1 cm³/mol. The molecule has 0 rings (SSSR count). The van der Waals surface area contributed by atoms with Crippen molar-refractivity contribution in [2.75, 3.05) is 14.2 Å².